The number of aryl methyl sites for hydroxylation is 1. The van der Waals surface area contributed by atoms with E-state index in [9.17, 15) is 9.59 Å². The van der Waals surface area contributed by atoms with Gasteiger partial charge in [-0.1, -0.05) is 45.0 Å². The Bertz CT molecular complexity index is 969. The zero-order valence-corrected chi connectivity index (χ0v) is 20.6. The van der Waals surface area contributed by atoms with Crippen molar-refractivity contribution in [2.75, 3.05) is 39.3 Å². The van der Waals surface area contributed by atoms with E-state index in [0.29, 0.717) is 39.1 Å². The summed E-state index contributed by atoms with van der Waals surface area (Å²) in [5.74, 6) is 0.371. The lowest BCUT2D eigenvalue weighted by Crippen LogP contribution is -2.53. The minimum absolute atomic E-state index is 0.0105. The molecule has 0 N–H and O–H groups in total. The largest absolute Gasteiger partial charge is 0.339 e. The van der Waals surface area contributed by atoms with Crippen LogP contribution >= 0.6 is 11.3 Å². The predicted octanol–water partition coefficient (Wildman–Crippen LogP) is 4.11. The van der Waals surface area contributed by atoms with E-state index in [1.54, 1.807) is 0 Å². The van der Waals surface area contributed by atoms with Gasteiger partial charge in [0.25, 0.3) is 0 Å². The van der Waals surface area contributed by atoms with Gasteiger partial charge in [-0.25, -0.2) is 0 Å². The Morgan fingerprint density at radius 1 is 0.938 bits per heavy atom. The van der Waals surface area contributed by atoms with Crippen molar-refractivity contribution in [1.29, 1.82) is 0 Å². The molecule has 32 heavy (non-hydrogen) atoms. The predicted molar refractivity (Wildman–Crippen MR) is 130 cm³/mol. The SMILES string of the molecule is Cc1ccccc1[C@@H]1c2ccsc2CCN1CC(=O)N1CCN(C(=O)CC(C)(C)C)CC1. The summed E-state index contributed by atoms with van der Waals surface area (Å²) in [5.41, 5.74) is 3.89. The molecule has 0 saturated carbocycles. The third-order valence-corrected chi connectivity index (χ3v) is 7.55. The smallest absolute Gasteiger partial charge is 0.236 e. The second-order valence-corrected chi connectivity index (χ2v) is 11.3. The highest BCUT2D eigenvalue weighted by Gasteiger charge is 2.33. The number of thiophene rings is 1. The van der Waals surface area contributed by atoms with Gasteiger partial charge in [-0.05, 0) is 46.9 Å². The van der Waals surface area contributed by atoms with Crippen molar-refractivity contribution in [3.05, 3.63) is 57.3 Å². The summed E-state index contributed by atoms with van der Waals surface area (Å²) in [5, 5.41) is 2.18. The van der Waals surface area contributed by atoms with E-state index in [4.69, 9.17) is 0 Å². The molecule has 2 aliphatic heterocycles. The van der Waals surface area contributed by atoms with Gasteiger partial charge in [0, 0.05) is 44.0 Å². The molecule has 172 valence electrons. The zero-order valence-electron chi connectivity index (χ0n) is 19.8. The first-order chi connectivity index (χ1) is 15.2. The fourth-order valence-corrected chi connectivity index (χ4v) is 5.74. The van der Waals surface area contributed by atoms with Crippen LogP contribution in [0.2, 0.25) is 0 Å². The maximum Gasteiger partial charge on any atom is 0.236 e. The minimum Gasteiger partial charge on any atom is -0.339 e. The molecule has 4 rings (SSSR count). The molecule has 6 heteroatoms. The Morgan fingerprint density at radius 2 is 1.59 bits per heavy atom. The van der Waals surface area contributed by atoms with Crippen LogP contribution in [0.1, 0.15) is 54.8 Å². The average Bonchev–Trinajstić information content (AvgIpc) is 3.22. The first kappa shape index (κ1) is 23.0. The van der Waals surface area contributed by atoms with Gasteiger partial charge < -0.3 is 9.80 Å². The van der Waals surface area contributed by atoms with Crippen molar-refractivity contribution in [3.8, 4) is 0 Å². The van der Waals surface area contributed by atoms with Gasteiger partial charge >= 0.3 is 0 Å². The third-order valence-electron chi connectivity index (χ3n) is 6.55. The molecule has 2 aliphatic rings. The van der Waals surface area contributed by atoms with Crippen LogP contribution in [0, 0.1) is 12.3 Å². The Balaban J connectivity index is 1.43. The van der Waals surface area contributed by atoms with Crippen LogP contribution < -0.4 is 0 Å². The molecule has 2 aromatic rings. The lowest BCUT2D eigenvalue weighted by molar-refractivity contribution is -0.141. The monoisotopic (exact) mass is 453 g/mol. The molecule has 1 atom stereocenters. The van der Waals surface area contributed by atoms with Gasteiger partial charge in [0.05, 0.1) is 12.6 Å². The van der Waals surface area contributed by atoms with Gasteiger partial charge in [0.15, 0.2) is 0 Å². The van der Waals surface area contributed by atoms with Crippen molar-refractivity contribution < 1.29 is 9.59 Å². The summed E-state index contributed by atoms with van der Waals surface area (Å²) < 4.78 is 0. The molecule has 0 bridgehead atoms. The molecule has 3 heterocycles. The van der Waals surface area contributed by atoms with Crippen LogP contribution in [0.25, 0.3) is 0 Å². The first-order valence-corrected chi connectivity index (χ1v) is 12.5. The van der Waals surface area contributed by atoms with Gasteiger partial charge in [0.1, 0.15) is 0 Å². The van der Waals surface area contributed by atoms with E-state index in [0.717, 1.165) is 13.0 Å². The minimum atomic E-state index is -0.0105. The Kier molecular flexibility index (Phi) is 6.72. The molecule has 0 aliphatic carbocycles. The number of benzene rings is 1. The topological polar surface area (TPSA) is 43.9 Å². The molecule has 1 saturated heterocycles. The van der Waals surface area contributed by atoms with E-state index in [-0.39, 0.29) is 23.3 Å². The average molecular weight is 454 g/mol. The molecule has 2 amide bonds. The van der Waals surface area contributed by atoms with E-state index in [1.807, 2.05) is 21.1 Å². The number of fused-ring (bicyclic) bond motifs is 1. The first-order valence-electron chi connectivity index (χ1n) is 11.6. The summed E-state index contributed by atoms with van der Waals surface area (Å²) in [7, 11) is 0. The van der Waals surface area contributed by atoms with Gasteiger partial charge in [0.2, 0.25) is 11.8 Å². The second kappa shape index (κ2) is 9.36. The number of amides is 2. The van der Waals surface area contributed by atoms with Gasteiger partial charge in [-0.3, -0.25) is 14.5 Å². The Labute approximate surface area is 196 Å². The summed E-state index contributed by atoms with van der Waals surface area (Å²) in [6.07, 6.45) is 1.55. The Morgan fingerprint density at radius 3 is 2.25 bits per heavy atom. The second-order valence-electron chi connectivity index (χ2n) is 10.3. The van der Waals surface area contributed by atoms with Gasteiger partial charge in [-0.15, -0.1) is 11.3 Å². The number of nitrogens with zero attached hydrogens (tertiary/aromatic N) is 3. The molecule has 1 aromatic carbocycles. The number of hydrogen-bond donors (Lipinski definition) is 0. The van der Waals surface area contributed by atoms with Crippen LogP contribution in [0.5, 0.6) is 0 Å². The number of carbonyl (C=O) groups is 2. The highest BCUT2D eigenvalue weighted by Crippen LogP contribution is 2.38. The fraction of sp³-hybridized carbons (Fsp3) is 0.538. The third kappa shape index (κ3) is 5.07. The molecule has 5 nitrogen and oxygen atoms in total. The molecule has 0 radical (unpaired) electrons. The van der Waals surface area contributed by atoms with Crippen molar-refractivity contribution >= 4 is 23.2 Å². The highest BCUT2D eigenvalue weighted by molar-refractivity contribution is 7.10. The van der Waals surface area contributed by atoms with Crippen molar-refractivity contribution in [1.82, 2.24) is 14.7 Å². The lowest BCUT2D eigenvalue weighted by atomic mass is 9.90. The van der Waals surface area contributed by atoms with Crippen LogP contribution in [0.4, 0.5) is 0 Å². The maximum atomic E-state index is 13.3. The van der Waals surface area contributed by atoms with E-state index in [2.05, 4.69) is 68.3 Å². The molecule has 1 aromatic heterocycles. The number of carbonyl (C=O) groups excluding carboxylic acids is 2. The quantitative estimate of drug-likeness (QED) is 0.700. The molecule has 0 unspecified atom stereocenters. The maximum absolute atomic E-state index is 13.3. The summed E-state index contributed by atoms with van der Waals surface area (Å²) >= 11 is 1.83. The summed E-state index contributed by atoms with van der Waals surface area (Å²) in [6, 6.07) is 10.9. The standard InChI is InChI=1S/C26H35N3O2S/c1-19-7-5-6-8-20(19)25-21-10-16-32-22(21)9-11-29(25)18-24(31)28-14-12-27(13-15-28)23(30)17-26(2,3)4/h5-8,10,16,25H,9,11-15,17-18H2,1-4H3/t25-/m1/s1. The molecular formula is C26H35N3O2S. The number of hydrogen-bond acceptors (Lipinski definition) is 4. The highest BCUT2D eigenvalue weighted by atomic mass is 32.1. The molecule has 1 fully saturated rings. The van der Waals surface area contributed by atoms with Crippen LogP contribution in [0.15, 0.2) is 35.7 Å². The van der Waals surface area contributed by atoms with Crippen molar-refractivity contribution in [3.63, 3.8) is 0 Å². The zero-order chi connectivity index (χ0) is 22.9. The van der Waals surface area contributed by atoms with Crippen LogP contribution in [-0.4, -0.2) is 65.8 Å². The lowest BCUT2D eigenvalue weighted by Gasteiger charge is -2.40. The summed E-state index contributed by atoms with van der Waals surface area (Å²) in [4.78, 5) is 33.5. The van der Waals surface area contributed by atoms with Gasteiger partial charge in [-0.2, -0.15) is 0 Å². The van der Waals surface area contributed by atoms with Crippen molar-refractivity contribution in [2.24, 2.45) is 5.41 Å². The van der Waals surface area contributed by atoms with E-state index >= 15 is 0 Å². The van der Waals surface area contributed by atoms with Crippen molar-refractivity contribution in [2.45, 2.75) is 46.6 Å². The van der Waals surface area contributed by atoms with Crippen LogP contribution in [-0.2, 0) is 16.0 Å². The fourth-order valence-electron chi connectivity index (χ4n) is 4.84. The number of piperazine rings is 1. The molecular weight excluding hydrogens is 418 g/mol. The van der Waals surface area contributed by atoms with Crippen LogP contribution in [0.3, 0.4) is 0 Å². The van der Waals surface area contributed by atoms with E-state index in [1.165, 1.54) is 21.6 Å². The Hall–Kier alpha value is -2.18. The number of rotatable bonds is 4. The molecule has 0 spiro atoms. The summed E-state index contributed by atoms with van der Waals surface area (Å²) in [6.45, 7) is 12.3. The normalized spacial score (nSPS) is 19.7. The van der Waals surface area contributed by atoms with E-state index < -0.39 is 0 Å².